The predicted molar refractivity (Wildman–Crippen MR) is 60.3 cm³/mol. The van der Waals surface area contributed by atoms with Crippen molar-refractivity contribution in [2.24, 2.45) is 0 Å². The number of hydrogen-bond acceptors (Lipinski definition) is 5. The molecule has 0 radical (unpaired) electrons. The summed E-state index contributed by atoms with van der Waals surface area (Å²) in [6, 6.07) is 2.62. The van der Waals surface area contributed by atoms with Gasteiger partial charge in [0.05, 0.1) is 11.7 Å². The number of hydrazine groups is 1. The van der Waals surface area contributed by atoms with Crippen LogP contribution in [-0.2, 0) is 0 Å². The number of aromatic amines is 1. The number of carbonyl (C=O) groups is 1. The highest BCUT2D eigenvalue weighted by molar-refractivity contribution is 5.94. The molecule has 0 aromatic carbocycles. The van der Waals surface area contributed by atoms with E-state index in [0.29, 0.717) is 0 Å². The average molecular weight is 238 g/mol. The second kappa shape index (κ2) is 4.56. The molecule has 1 aliphatic heterocycles. The summed E-state index contributed by atoms with van der Waals surface area (Å²) in [5, 5.41) is 11.9. The summed E-state index contributed by atoms with van der Waals surface area (Å²) in [6.45, 7) is 1.98. The molecule has 1 saturated heterocycles. The highest BCUT2D eigenvalue weighted by Crippen LogP contribution is 2.06. The van der Waals surface area contributed by atoms with Crippen LogP contribution < -0.4 is 21.7 Å². The number of amides is 1. The third kappa shape index (κ3) is 2.83. The zero-order valence-electron chi connectivity index (χ0n) is 9.28. The molecule has 17 heavy (non-hydrogen) atoms. The van der Waals surface area contributed by atoms with E-state index in [-0.39, 0.29) is 23.7 Å². The smallest absolute Gasteiger partial charge is 0.252 e. The lowest BCUT2D eigenvalue weighted by atomic mass is 10.2. The molecular weight excluding hydrogens is 224 g/mol. The number of aromatic nitrogens is 1. The molecule has 0 saturated carbocycles. The molecule has 2 atom stereocenters. The summed E-state index contributed by atoms with van der Waals surface area (Å²) in [5.74, 6) is -0.728. The van der Waals surface area contributed by atoms with Gasteiger partial charge in [-0.05, 0) is 13.3 Å². The highest BCUT2D eigenvalue weighted by Gasteiger charge is 2.22. The molecule has 0 aliphatic carbocycles. The van der Waals surface area contributed by atoms with Gasteiger partial charge in [0.1, 0.15) is 0 Å². The Morgan fingerprint density at radius 1 is 1.47 bits per heavy atom. The zero-order valence-corrected chi connectivity index (χ0v) is 9.28. The van der Waals surface area contributed by atoms with E-state index in [4.69, 9.17) is 0 Å². The molecule has 2 rings (SSSR count). The third-order valence-corrected chi connectivity index (χ3v) is 2.49. The number of hydrogen-bond donors (Lipinski definition) is 5. The Kier molecular flexibility index (Phi) is 3.12. The molecule has 7 heteroatoms. The van der Waals surface area contributed by atoms with Gasteiger partial charge in [-0.3, -0.25) is 20.0 Å². The van der Waals surface area contributed by atoms with Crippen molar-refractivity contribution in [3.8, 4) is 5.88 Å². The van der Waals surface area contributed by atoms with Crippen LogP contribution >= 0.6 is 0 Å². The van der Waals surface area contributed by atoms with Gasteiger partial charge in [0, 0.05) is 18.2 Å². The van der Waals surface area contributed by atoms with Gasteiger partial charge in [0.15, 0.2) is 5.88 Å². The maximum absolute atomic E-state index is 11.8. The minimum atomic E-state index is -0.513. The van der Waals surface area contributed by atoms with Crippen molar-refractivity contribution in [1.29, 1.82) is 0 Å². The number of H-pyrrole nitrogens is 1. The molecular formula is C10H14N4O3. The minimum absolute atomic E-state index is 0.132. The van der Waals surface area contributed by atoms with E-state index in [2.05, 4.69) is 21.2 Å². The lowest BCUT2D eigenvalue weighted by molar-refractivity contribution is 0.0931. The molecule has 7 nitrogen and oxygen atoms in total. The van der Waals surface area contributed by atoms with Crippen LogP contribution in [-0.4, -0.2) is 28.2 Å². The number of rotatable bonds is 2. The van der Waals surface area contributed by atoms with Crippen molar-refractivity contribution in [1.82, 2.24) is 21.2 Å². The van der Waals surface area contributed by atoms with Crippen LogP contribution in [0.15, 0.2) is 16.9 Å². The van der Waals surface area contributed by atoms with Crippen LogP contribution in [0.25, 0.3) is 0 Å². The maximum Gasteiger partial charge on any atom is 0.252 e. The molecule has 1 aliphatic rings. The van der Waals surface area contributed by atoms with Crippen molar-refractivity contribution in [3.63, 3.8) is 0 Å². The Morgan fingerprint density at radius 3 is 2.82 bits per heavy atom. The van der Waals surface area contributed by atoms with Crippen LogP contribution in [0, 0.1) is 0 Å². The lowest BCUT2D eigenvalue weighted by Gasteiger charge is -2.11. The number of carbonyl (C=O) groups excluding carboxylic acids is 1. The molecule has 5 N–H and O–H groups in total. The molecule has 1 aromatic rings. The van der Waals surface area contributed by atoms with Gasteiger partial charge in [-0.25, -0.2) is 5.43 Å². The first kappa shape index (κ1) is 11.6. The van der Waals surface area contributed by atoms with Crippen molar-refractivity contribution in [3.05, 3.63) is 28.0 Å². The number of aromatic hydroxyl groups is 1. The SMILES string of the molecule is CC1CC(NC(=O)c2cc(O)[nH]c(=O)c2)NN1. The van der Waals surface area contributed by atoms with Gasteiger partial charge in [-0.15, -0.1) is 0 Å². The van der Waals surface area contributed by atoms with Gasteiger partial charge >= 0.3 is 0 Å². The van der Waals surface area contributed by atoms with Crippen molar-refractivity contribution < 1.29 is 9.90 Å². The highest BCUT2D eigenvalue weighted by atomic mass is 16.3. The van der Waals surface area contributed by atoms with Crippen LogP contribution in [0.3, 0.4) is 0 Å². The zero-order chi connectivity index (χ0) is 12.4. The molecule has 92 valence electrons. The molecule has 1 aromatic heterocycles. The predicted octanol–water partition coefficient (Wildman–Crippen LogP) is -0.977. The van der Waals surface area contributed by atoms with E-state index in [1.165, 1.54) is 6.07 Å². The molecule has 1 amide bonds. The standard InChI is InChI=1S/C10H14N4O3/c1-5-2-7(14-13-5)11-10(17)6-3-8(15)12-9(16)4-6/h3-5,7,13-14H,2H2,1H3,(H,11,17)(H2,12,15,16). The van der Waals surface area contributed by atoms with Gasteiger partial charge in [0.25, 0.3) is 11.5 Å². The second-order valence-electron chi connectivity index (χ2n) is 4.07. The Bertz CT molecular complexity index is 485. The van der Waals surface area contributed by atoms with Crippen LogP contribution in [0.1, 0.15) is 23.7 Å². The van der Waals surface area contributed by atoms with E-state index >= 15 is 0 Å². The molecule has 2 heterocycles. The third-order valence-electron chi connectivity index (χ3n) is 2.49. The first-order valence-electron chi connectivity index (χ1n) is 5.30. The summed E-state index contributed by atoms with van der Waals surface area (Å²) in [7, 11) is 0. The molecule has 2 unspecified atom stereocenters. The fourth-order valence-corrected chi connectivity index (χ4v) is 1.71. The van der Waals surface area contributed by atoms with Crippen LogP contribution in [0.4, 0.5) is 0 Å². The van der Waals surface area contributed by atoms with Gasteiger partial charge in [-0.1, -0.05) is 0 Å². The van der Waals surface area contributed by atoms with E-state index in [0.717, 1.165) is 12.5 Å². The first-order valence-corrected chi connectivity index (χ1v) is 5.30. The van der Waals surface area contributed by atoms with Crippen LogP contribution in [0.2, 0.25) is 0 Å². The van der Waals surface area contributed by atoms with Gasteiger partial charge in [0.2, 0.25) is 0 Å². The Morgan fingerprint density at radius 2 is 2.24 bits per heavy atom. The topological polar surface area (TPSA) is 106 Å². The number of nitrogens with one attached hydrogen (secondary N) is 4. The fourth-order valence-electron chi connectivity index (χ4n) is 1.71. The summed E-state index contributed by atoms with van der Waals surface area (Å²) in [6.07, 6.45) is 0.569. The summed E-state index contributed by atoms with van der Waals surface area (Å²) in [4.78, 5) is 25.0. The largest absolute Gasteiger partial charge is 0.494 e. The lowest BCUT2D eigenvalue weighted by Crippen LogP contribution is -2.44. The van der Waals surface area contributed by atoms with Gasteiger partial charge < -0.3 is 10.4 Å². The van der Waals surface area contributed by atoms with Crippen molar-refractivity contribution in [2.45, 2.75) is 25.6 Å². The van der Waals surface area contributed by atoms with E-state index < -0.39 is 11.5 Å². The Balaban J connectivity index is 2.07. The van der Waals surface area contributed by atoms with E-state index in [1.807, 2.05) is 6.92 Å². The van der Waals surface area contributed by atoms with Gasteiger partial charge in [-0.2, -0.15) is 0 Å². The summed E-state index contributed by atoms with van der Waals surface area (Å²) < 4.78 is 0. The van der Waals surface area contributed by atoms with Crippen molar-refractivity contribution >= 4 is 5.91 Å². The molecule has 1 fully saturated rings. The van der Waals surface area contributed by atoms with Crippen molar-refractivity contribution in [2.75, 3.05) is 0 Å². The Labute approximate surface area is 97.2 Å². The molecule has 0 spiro atoms. The minimum Gasteiger partial charge on any atom is -0.494 e. The number of pyridine rings is 1. The van der Waals surface area contributed by atoms with E-state index in [1.54, 1.807) is 0 Å². The monoisotopic (exact) mass is 238 g/mol. The summed E-state index contributed by atoms with van der Waals surface area (Å²) >= 11 is 0. The van der Waals surface area contributed by atoms with E-state index in [9.17, 15) is 14.7 Å². The normalized spacial score (nSPS) is 23.6. The molecule has 0 bridgehead atoms. The average Bonchev–Trinajstić information content (AvgIpc) is 2.62. The van der Waals surface area contributed by atoms with Crippen LogP contribution in [0.5, 0.6) is 5.88 Å². The second-order valence-corrected chi connectivity index (χ2v) is 4.07. The fraction of sp³-hybridized carbons (Fsp3) is 0.400. The first-order chi connectivity index (χ1) is 8.04. The summed E-state index contributed by atoms with van der Waals surface area (Å²) in [5.41, 5.74) is 5.49. The maximum atomic E-state index is 11.8. The Hall–Kier alpha value is -1.86. The quantitative estimate of drug-likeness (QED) is 0.455.